The molecule has 3 rings (SSSR count). The standard InChI is InChI=1S/C21H20ClNO2/c22-18-8-12-20(13-9-18)25-19-10-6-16(7-11-19)15-24-21(14-23)17-4-2-1-3-5-17/h1-13,21H,14-15,23H2/t21-/m0/s1. The first-order valence-electron chi connectivity index (χ1n) is 8.13. The Morgan fingerprint density at radius 1 is 0.800 bits per heavy atom. The van der Waals surface area contributed by atoms with E-state index < -0.39 is 0 Å². The first-order chi connectivity index (χ1) is 12.2. The predicted octanol–water partition coefficient (Wildman–Crippen LogP) is 5.35. The van der Waals surface area contributed by atoms with Gasteiger partial charge < -0.3 is 15.2 Å². The van der Waals surface area contributed by atoms with Crippen molar-refractivity contribution < 1.29 is 9.47 Å². The van der Waals surface area contributed by atoms with Crippen molar-refractivity contribution in [3.05, 3.63) is 95.0 Å². The van der Waals surface area contributed by atoms with Crippen LogP contribution in [0.1, 0.15) is 17.2 Å². The number of nitrogens with two attached hydrogens (primary N) is 1. The van der Waals surface area contributed by atoms with Crippen LogP contribution in [0.25, 0.3) is 0 Å². The molecule has 0 aromatic heterocycles. The highest BCUT2D eigenvalue weighted by Gasteiger charge is 2.09. The Kier molecular flexibility index (Phi) is 6.07. The van der Waals surface area contributed by atoms with E-state index >= 15 is 0 Å². The maximum atomic E-state index is 5.95. The lowest BCUT2D eigenvalue weighted by Gasteiger charge is -2.16. The van der Waals surface area contributed by atoms with Crippen LogP contribution in [0, 0.1) is 0 Å². The van der Waals surface area contributed by atoms with Crippen molar-refractivity contribution in [3.8, 4) is 11.5 Å². The van der Waals surface area contributed by atoms with Crippen LogP contribution in [0.3, 0.4) is 0 Å². The number of ether oxygens (including phenoxy) is 2. The van der Waals surface area contributed by atoms with Crippen LogP contribution in [0.5, 0.6) is 11.5 Å². The Hall–Kier alpha value is -2.33. The zero-order valence-corrected chi connectivity index (χ0v) is 14.5. The summed E-state index contributed by atoms with van der Waals surface area (Å²) in [6.07, 6.45) is -0.105. The van der Waals surface area contributed by atoms with Crippen molar-refractivity contribution in [3.63, 3.8) is 0 Å². The SMILES string of the molecule is NC[C@H](OCc1ccc(Oc2ccc(Cl)cc2)cc1)c1ccccc1. The lowest BCUT2D eigenvalue weighted by Crippen LogP contribution is -2.15. The molecule has 4 heteroatoms. The third kappa shape index (κ3) is 5.07. The van der Waals surface area contributed by atoms with Crippen molar-refractivity contribution in [1.82, 2.24) is 0 Å². The highest BCUT2D eigenvalue weighted by atomic mass is 35.5. The third-order valence-electron chi connectivity index (χ3n) is 3.81. The molecule has 2 N–H and O–H groups in total. The van der Waals surface area contributed by atoms with Gasteiger partial charge in [0, 0.05) is 11.6 Å². The lowest BCUT2D eigenvalue weighted by molar-refractivity contribution is 0.0456. The molecule has 0 aliphatic heterocycles. The minimum atomic E-state index is -0.105. The summed E-state index contributed by atoms with van der Waals surface area (Å²) in [7, 11) is 0. The van der Waals surface area contributed by atoms with Crippen LogP contribution in [0.2, 0.25) is 5.02 Å². The molecule has 0 bridgehead atoms. The summed E-state index contributed by atoms with van der Waals surface area (Å²) < 4.78 is 11.7. The lowest BCUT2D eigenvalue weighted by atomic mass is 10.1. The molecule has 0 spiro atoms. The first kappa shape index (κ1) is 17.5. The van der Waals surface area contributed by atoms with Crippen LogP contribution in [0.15, 0.2) is 78.9 Å². The molecule has 3 aromatic carbocycles. The summed E-state index contributed by atoms with van der Waals surface area (Å²) in [6, 6.07) is 25.1. The van der Waals surface area contributed by atoms with Gasteiger partial charge in [0.25, 0.3) is 0 Å². The molecule has 0 radical (unpaired) electrons. The second-order valence-corrected chi connectivity index (χ2v) is 6.08. The fraction of sp³-hybridized carbons (Fsp3) is 0.143. The molecule has 0 amide bonds. The molecular formula is C21H20ClNO2. The normalized spacial score (nSPS) is 11.9. The molecule has 0 fully saturated rings. The Balaban J connectivity index is 1.58. The molecule has 3 nitrogen and oxygen atoms in total. The van der Waals surface area contributed by atoms with E-state index in [0.29, 0.717) is 18.2 Å². The number of hydrogen-bond acceptors (Lipinski definition) is 3. The Morgan fingerprint density at radius 2 is 1.40 bits per heavy atom. The average Bonchev–Trinajstić information content (AvgIpc) is 2.66. The number of benzene rings is 3. The van der Waals surface area contributed by atoms with Gasteiger partial charge in [-0.05, 0) is 47.5 Å². The second-order valence-electron chi connectivity index (χ2n) is 5.65. The first-order valence-corrected chi connectivity index (χ1v) is 8.51. The van der Waals surface area contributed by atoms with Gasteiger partial charge in [0.15, 0.2) is 0 Å². The van der Waals surface area contributed by atoms with E-state index in [1.165, 1.54) is 0 Å². The van der Waals surface area contributed by atoms with E-state index in [9.17, 15) is 0 Å². The Bertz CT molecular complexity index is 773. The van der Waals surface area contributed by atoms with Crippen molar-refractivity contribution >= 4 is 11.6 Å². The molecule has 0 unspecified atom stereocenters. The van der Waals surface area contributed by atoms with Crippen LogP contribution < -0.4 is 10.5 Å². The van der Waals surface area contributed by atoms with Gasteiger partial charge in [0.05, 0.1) is 12.7 Å². The van der Waals surface area contributed by atoms with Gasteiger partial charge in [-0.2, -0.15) is 0 Å². The molecule has 1 atom stereocenters. The highest BCUT2D eigenvalue weighted by Crippen LogP contribution is 2.24. The molecule has 0 heterocycles. The van der Waals surface area contributed by atoms with Crippen molar-refractivity contribution in [2.24, 2.45) is 5.73 Å². The van der Waals surface area contributed by atoms with Gasteiger partial charge in [-0.1, -0.05) is 54.1 Å². The molecule has 25 heavy (non-hydrogen) atoms. The fourth-order valence-corrected chi connectivity index (χ4v) is 2.58. The summed E-state index contributed by atoms with van der Waals surface area (Å²) in [5.74, 6) is 1.52. The number of rotatable bonds is 7. The Labute approximate surface area is 153 Å². The Morgan fingerprint density at radius 3 is 2.00 bits per heavy atom. The second kappa shape index (κ2) is 8.67. The van der Waals surface area contributed by atoms with Crippen LogP contribution >= 0.6 is 11.6 Å². The minimum absolute atomic E-state index is 0.105. The molecule has 0 saturated carbocycles. The maximum Gasteiger partial charge on any atom is 0.127 e. The van der Waals surface area contributed by atoms with Crippen molar-refractivity contribution in [1.29, 1.82) is 0 Å². The molecule has 0 saturated heterocycles. The van der Waals surface area contributed by atoms with Gasteiger partial charge in [-0.3, -0.25) is 0 Å². The summed E-state index contributed by atoms with van der Waals surface area (Å²) >= 11 is 5.87. The van der Waals surface area contributed by atoms with Gasteiger partial charge in [-0.25, -0.2) is 0 Å². The van der Waals surface area contributed by atoms with E-state index in [-0.39, 0.29) is 6.10 Å². The zero-order valence-electron chi connectivity index (χ0n) is 13.8. The third-order valence-corrected chi connectivity index (χ3v) is 4.06. The van der Waals surface area contributed by atoms with Crippen LogP contribution in [-0.2, 0) is 11.3 Å². The van der Waals surface area contributed by atoms with Crippen molar-refractivity contribution in [2.45, 2.75) is 12.7 Å². The quantitative estimate of drug-likeness (QED) is 0.622. The van der Waals surface area contributed by atoms with Gasteiger partial charge >= 0.3 is 0 Å². The summed E-state index contributed by atoms with van der Waals surface area (Å²) in [5, 5.41) is 0.688. The predicted molar refractivity (Wildman–Crippen MR) is 101 cm³/mol. The monoisotopic (exact) mass is 353 g/mol. The number of halogens is 1. The van der Waals surface area contributed by atoms with E-state index in [2.05, 4.69) is 0 Å². The van der Waals surface area contributed by atoms with E-state index in [1.54, 1.807) is 12.1 Å². The molecule has 3 aromatic rings. The molecule has 128 valence electrons. The minimum Gasteiger partial charge on any atom is -0.457 e. The summed E-state index contributed by atoms with van der Waals surface area (Å²) in [5.41, 5.74) is 7.99. The maximum absolute atomic E-state index is 5.95. The largest absolute Gasteiger partial charge is 0.457 e. The fourth-order valence-electron chi connectivity index (χ4n) is 2.46. The number of hydrogen-bond donors (Lipinski definition) is 1. The van der Waals surface area contributed by atoms with Gasteiger partial charge in [0.1, 0.15) is 11.5 Å². The molecule has 0 aliphatic carbocycles. The summed E-state index contributed by atoms with van der Waals surface area (Å²) in [4.78, 5) is 0. The molecular weight excluding hydrogens is 334 g/mol. The highest BCUT2D eigenvalue weighted by molar-refractivity contribution is 6.30. The van der Waals surface area contributed by atoms with Crippen molar-refractivity contribution in [2.75, 3.05) is 6.54 Å². The van der Waals surface area contributed by atoms with Crippen LogP contribution in [0.4, 0.5) is 0 Å². The summed E-state index contributed by atoms with van der Waals surface area (Å²) in [6.45, 7) is 0.944. The average molecular weight is 354 g/mol. The van der Waals surface area contributed by atoms with E-state index in [4.69, 9.17) is 26.8 Å². The van der Waals surface area contributed by atoms with E-state index in [0.717, 1.165) is 22.6 Å². The zero-order chi connectivity index (χ0) is 17.5. The molecule has 0 aliphatic rings. The van der Waals surface area contributed by atoms with E-state index in [1.807, 2.05) is 66.7 Å². The van der Waals surface area contributed by atoms with Crippen LogP contribution in [-0.4, -0.2) is 6.54 Å². The topological polar surface area (TPSA) is 44.5 Å². The van der Waals surface area contributed by atoms with Gasteiger partial charge in [0.2, 0.25) is 0 Å². The van der Waals surface area contributed by atoms with Gasteiger partial charge in [-0.15, -0.1) is 0 Å². The smallest absolute Gasteiger partial charge is 0.127 e.